The highest BCUT2D eigenvalue weighted by atomic mass is 32.2. The number of thiocarbonyl (C=S) groups is 1. The van der Waals surface area contributed by atoms with Crippen LogP contribution in [0.4, 0.5) is 0 Å². The summed E-state index contributed by atoms with van der Waals surface area (Å²) in [6.07, 6.45) is 8.86. The number of aryl methyl sites for hydroxylation is 2. The molecule has 0 bridgehead atoms. The van der Waals surface area contributed by atoms with Gasteiger partial charge in [-0.05, 0) is 79.9 Å². The average Bonchev–Trinajstić information content (AvgIpc) is 2.73. The number of hydrazine groups is 1. The molecular weight excluding hydrogens is 420 g/mol. The van der Waals surface area contributed by atoms with Gasteiger partial charge in [0.2, 0.25) is 15.9 Å². The average molecular weight is 453 g/mol. The van der Waals surface area contributed by atoms with E-state index in [-0.39, 0.29) is 23.8 Å². The van der Waals surface area contributed by atoms with E-state index in [0.29, 0.717) is 17.1 Å². The number of hydrogen-bond acceptors (Lipinski definition) is 4. The van der Waals surface area contributed by atoms with Crippen molar-refractivity contribution in [1.82, 2.24) is 20.9 Å². The lowest BCUT2D eigenvalue weighted by Gasteiger charge is -2.30. The zero-order valence-corrected chi connectivity index (χ0v) is 19.1. The van der Waals surface area contributed by atoms with Gasteiger partial charge in [-0.3, -0.25) is 15.6 Å². The van der Waals surface area contributed by atoms with Crippen LogP contribution in [-0.2, 0) is 27.7 Å². The Balaban J connectivity index is 1.40. The van der Waals surface area contributed by atoms with E-state index in [4.69, 9.17) is 12.2 Å². The highest BCUT2D eigenvalue weighted by Gasteiger charge is 2.22. The van der Waals surface area contributed by atoms with Gasteiger partial charge in [0.1, 0.15) is 0 Å². The first-order valence-corrected chi connectivity index (χ1v) is 12.7. The molecule has 0 heterocycles. The molecule has 1 amide bonds. The highest BCUT2D eigenvalue weighted by molar-refractivity contribution is 7.89. The first-order chi connectivity index (χ1) is 14.3. The molecular formula is C21H32N4O3S2. The van der Waals surface area contributed by atoms with Gasteiger partial charge in [0.15, 0.2) is 5.11 Å². The van der Waals surface area contributed by atoms with Crippen LogP contribution in [0.3, 0.4) is 0 Å². The van der Waals surface area contributed by atoms with Crippen molar-refractivity contribution in [1.29, 1.82) is 0 Å². The smallest absolute Gasteiger partial charge is 0.240 e. The normalized spacial score (nSPS) is 21.4. The standard InChI is InChI=1S/C21H32N4O3S2/c1-15-6-2-5-9-19(15)23-21(29)25-24-20(26)12-13-22-30(27,28)18-11-10-16-7-3-4-8-17(16)14-18/h10-11,14-15,19,22H,2-9,12-13H2,1H3,(H,24,26)(H2,23,25,29). The van der Waals surface area contributed by atoms with Gasteiger partial charge in [-0.25, -0.2) is 13.1 Å². The number of sulfonamides is 1. The minimum Gasteiger partial charge on any atom is -0.358 e. The van der Waals surface area contributed by atoms with Crippen molar-refractivity contribution in [3.8, 4) is 0 Å². The maximum Gasteiger partial charge on any atom is 0.240 e. The number of amides is 1. The molecule has 0 spiro atoms. The van der Waals surface area contributed by atoms with Crippen molar-refractivity contribution < 1.29 is 13.2 Å². The van der Waals surface area contributed by atoms with E-state index in [1.54, 1.807) is 12.1 Å². The summed E-state index contributed by atoms with van der Waals surface area (Å²) in [4.78, 5) is 12.3. The molecule has 0 aromatic heterocycles. The SMILES string of the molecule is CC1CCCCC1NC(=S)NNC(=O)CCNS(=O)(=O)c1ccc2c(c1)CCCC2. The van der Waals surface area contributed by atoms with Crippen molar-refractivity contribution in [2.24, 2.45) is 5.92 Å². The van der Waals surface area contributed by atoms with E-state index >= 15 is 0 Å². The van der Waals surface area contributed by atoms with Gasteiger partial charge in [-0.1, -0.05) is 25.8 Å². The molecule has 4 N–H and O–H groups in total. The predicted octanol–water partition coefficient (Wildman–Crippen LogP) is 2.31. The zero-order valence-electron chi connectivity index (χ0n) is 17.5. The molecule has 2 aliphatic rings. The number of benzene rings is 1. The lowest BCUT2D eigenvalue weighted by Crippen LogP contribution is -2.51. The van der Waals surface area contributed by atoms with Crippen LogP contribution in [0.1, 0.15) is 63.0 Å². The number of hydrogen-bond donors (Lipinski definition) is 4. The van der Waals surface area contributed by atoms with Crippen molar-refractivity contribution in [3.05, 3.63) is 29.3 Å². The van der Waals surface area contributed by atoms with E-state index < -0.39 is 10.0 Å². The Morgan fingerprint density at radius 3 is 2.57 bits per heavy atom. The largest absolute Gasteiger partial charge is 0.358 e. The predicted molar refractivity (Wildman–Crippen MR) is 121 cm³/mol. The zero-order chi connectivity index (χ0) is 21.6. The van der Waals surface area contributed by atoms with Gasteiger partial charge in [0, 0.05) is 19.0 Å². The van der Waals surface area contributed by atoms with Crippen molar-refractivity contribution in [2.45, 2.75) is 75.6 Å². The van der Waals surface area contributed by atoms with Crippen LogP contribution in [0.15, 0.2) is 23.1 Å². The van der Waals surface area contributed by atoms with E-state index in [2.05, 4.69) is 27.8 Å². The fourth-order valence-electron chi connectivity index (χ4n) is 4.18. The number of fused-ring (bicyclic) bond motifs is 1. The summed E-state index contributed by atoms with van der Waals surface area (Å²) in [6.45, 7) is 2.22. The van der Waals surface area contributed by atoms with Crippen LogP contribution in [0, 0.1) is 5.92 Å². The minimum absolute atomic E-state index is 0.0135. The van der Waals surface area contributed by atoms with Crippen LogP contribution in [0.2, 0.25) is 0 Å². The molecule has 2 unspecified atom stereocenters. The first-order valence-electron chi connectivity index (χ1n) is 10.8. The lowest BCUT2D eigenvalue weighted by molar-refractivity contribution is -0.121. The van der Waals surface area contributed by atoms with E-state index in [9.17, 15) is 13.2 Å². The van der Waals surface area contributed by atoms with Crippen molar-refractivity contribution in [2.75, 3.05) is 6.54 Å². The van der Waals surface area contributed by atoms with Crippen LogP contribution < -0.4 is 20.9 Å². The number of carbonyl (C=O) groups excluding carboxylic acids is 1. The second-order valence-electron chi connectivity index (χ2n) is 8.30. The molecule has 0 aliphatic heterocycles. The third-order valence-electron chi connectivity index (χ3n) is 6.02. The Kier molecular flexibility index (Phi) is 8.07. The summed E-state index contributed by atoms with van der Waals surface area (Å²) in [6, 6.07) is 5.62. The van der Waals surface area contributed by atoms with E-state index in [1.807, 2.05) is 6.07 Å². The maximum absolute atomic E-state index is 12.5. The van der Waals surface area contributed by atoms with Gasteiger partial charge in [0.05, 0.1) is 4.90 Å². The summed E-state index contributed by atoms with van der Waals surface area (Å²) >= 11 is 5.24. The minimum atomic E-state index is -3.63. The monoisotopic (exact) mass is 452 g/mol. The summed E-state index contributed by atoms with van der Waals surface area (Å²) in [5.74, 6) is 0.219. The molecule has 9 heteroatoms. The first kappa shape index (κ1) is 23.0. The summed E-state index contributed by atoms with van der Waals surface area (Å²) in [7, 11) is -3.63. The van der Waals surface area contributed by atoms with Crippen LogP contribution >= 0.6 is 12.2 Å². The fourth-order valence-corrected chi connectivity index (χ4v) is 5.47. The summed E-state index contributed by atoms with van der Waals surface area (Å²) < 4.78 is 27.6. The van der Waals surface area contributed by atoms with Gasteiger partial charge in [0.25, 0.3) is 0 Å². The second-order valence-corrected chi connectivity index (χ2v) is 10.5. The van der Waals surface area contributed by atoms with Crippen LogP contribution in [0.25, 0.3) is 0 Å². The molecule has 1 aromatic rings. The van der Waals surface area contributed by atoms with E-state index in [0.717, 1.165) is 37.7 Å². The van der Waals surface area contributed by atoms with Gasteiger partial charge < -0.3 is 5.32 Å². The summed E-state index contributed by atoms with van der Waals surface area (Å²) in [5, 5.41) is 3.63. The Hall–Kier alpha value is -1.71. The van der Waals surface area contributed by atoms with Gasteiger partial charge >= 0.3 is 0 Å². The van der Waals surface area contributed by atoms with Gasteiger partial charge in [-0.2, -0.15) is 0 Å². The quantitative estimate of drug-likeness (QED) is 0.391. The molecule has 7 nitrogen and oxygen atoms in total. The van der Waals surface area contributed by atoms with Crippen molar-refractivity contribution >= 4 is 33.3 Å². The lowest BCUT2D eigenvalue weighted by atomic mass is 9.86. The Morgan fingerprint density at radius 1 is 1.07 bits per heavy atom. The maximum atomic E-state index is 12.5. The molecule has 1 fully saturated rings. The number of carbonyl (C=O) groups is 1. The Labute approximate surface area is 184 Å². The molecule has 0 saturated heterocycles. The molecule has 2 atom stereocenters. The molecule has 30 heavy (non-hydrogen) atoms. The van der Waals surface area contributed by atoms with E-state index in [1.165, 1.54) is 24.8 Å². The van der Waals surface area contributed by atoms with Gasteiger partial charge in [-0.15, -0.1) is 0 Å². The molecule has 3 rings (SSSR count). The molecule has 0 radical (unpaired) electrons. The molecule has 1 aromatic carbocycles. The van der Waals surface area contributed by atoms with Crippen LogP contribution in [0.5, 0.6) is 0 Å². The fraction of sp³-hybridized carbons (Fsp3) is 0.619. The Morgan fingerprint density at radius 2 is 1.80 bits per heavy atom. The third-order valence-corrected chi connectivity index (χ3v) is 7.70. The summed E-state index contributed by atoms with van der Waals surface area (Å²) in [5.41, 5.74) is 7.58. The topological polar surface area (TPSA) is 99.3 Å². The third kappa shape index (κ3) is 6.39. The van der Waals surface area contributed by atoms with Crippen LogP contribution in [-0.4, -0.2) is 32.0 Å². The molecule has 166 valence electrons. The second kappa shape index (κ2) is 10.5. The van der Waals surface area contributed by atoms with Crippen molar-refractivity contribution in [3.63, 3.8) is 0 Å². The Bertz CT molecular complexity index is 873. The molecule has 2 aliphatic carbocycles. The molecule has 1 saturated carbocycles. The number of nitrogens with one attached hydrogen (secondary N) is 4. The number of rotatable bonds is 6. The highest BCUT2D eigenvalue weighted by Crippen LogP contribution is 2.24.